The fourth-order valence-corrected chi connectivity index (χ4v) is 4.59. The van der Waals surface area contributed by atoms with Crippen molar-refractivity contribution in [2.24, 2.45) is 0 Å². The number of hydrogen-bond donors (Lipinski definition) is 1. The van der Waals surface area contributed by atoms with E-state index in [1.54, 1.807) is 18.2 Å². The molecule has 2 aliphatic heterocycles. The van der Waals surface area contributed by atoms with Gasteiger partial charge in [-0.25, -0.2) is 4.79 Å². The van der Waals surface area contributed by atoms with Gasteiger partial charge in [0.25, 0.3) is 5.91 Å². The number of ether oxygens (including phenoxy) is 1. The van der Waals surface area contributed by atoms with Crippen LogP contribution >= 0.6 is 0 Å². The lowest BCUT2D eigenvalue weighted by Crippen LogP contribution is -2.50. The van der Waals surface area contributed by atoms with Crippen LogP contribution in [0.2, 0.25) is 0 Å². The molecule has 1 saturated heterocycles. The molecule has 1 fully saturated rings. The van der Waals surface area contributed by atoms with E-state index in [9.17, 15) is 14.7 Å². The van der Waals surface area contributed by atoms with E-state index in [0.29, 0.717) is 42.8 Å². The fraction of sp³-hybridized carbons (Fsp3) is 0.185. The second-order valence-electron chi connectivity index (χ2n) is 8.23. The van der Waals surface area contributed by atoms with Crippen LogP contribution < -0.4 is 4.74 Å². The van der Waals surface area contributed by atoms with Gasteiger partial charge in [0.15, 0.2) is 0 Å². The van der Waals surface area contributed by atoms with Crippen LogP contribution in [0, 0.1) is 0 Å². The smallest absolute Gasteiger partial charge is 0.336 e. The molecule has 0 saturated carbocycles. The minimum atomic E-state index is -0.963. The molecule has 0 aromatic heterocycles. The van der Waals surface area contributed by atoms with Gasteiger partial charge in [-0.2, -0.15) is 0 Å². The number of hydrogen-bond acceptors (Lipinski definition) is 3. The minimum Gasteiger partial charge on any atom is -0.482 e. The number of carboxylic acid groups (broad SMARTS) is 1. The molecule has 2 aliphatic rings. The first-order valence-corrected chi connectivity index (χ1v) is 10.7. The van der Waals surface area contributed by atoms with E-state index in [0.717, 1.165) is 11.1 Å². The second-order valence-corrected chi connectivity index (χ2v) is 8.23. The van der Waals surface area contributed by atoms with Crippen molar-refractivity contribution in [3.8, 4) is 16.9 Å². The SMILES string of the molecule is O=C(O)C1=CC2(CCN(C(=O)c3ccccc3-c3ccccc3)CC2)Oc2ccccc21. The van der Waals surface area contributed by atoms with Crippen molar-refractivity contribution in [2.45, 2.75) is 18.4 Å². The standard InChI is InChI=1S/C27H23NO4/c29-25(22-12-5-4-10-20(22)19-8-2-1-3-9-19)28-16-14-27(15-17-28)18-23(26(30)31)21-11-6-7-13-24(21)32-27/h1-13,18H,14-17H2,(H,30,31). The van der Waals surface area contributed by atoms with Crippen molar-refractivity contribution >= 4 is 17.4 Å². The van der Waals surface area contributed by atoms with Crippen LogP contribution in [0.1, 0.15) is 28.8 Å². The lowest BCUT2D eigenvalue weighted by molar-refractivity contribution is -0.130. The molecule has 5 nitrogen and oxygen atoms in total. The molecule has 160 valence electrons. The summed E-state index contributed by atoms with van der Waals surface area (Å²) in [5.41, 5.74) is 2.74. The topological polar surface area (TPSA) is 66.8 Å². The predicted molar refractivity (Wildman–Crippen MR) is 122 cm³/mol. The summed E-state index contributed by atoms with van der Waals surface area (Å²) in [6.07, 6.45) is 2.81. The van der Waals surface area contributed by atoms with E-state index >= 15 is 0 Å². The Morgan fingerprint density at radius 1 is 0.812 bits per heavy atom. The summed E-state index contributed by atoms with van der Waals surface area (Å²) in [6, 6.07) is 24.8. The third kappa shape index (κ3) is 3.56. The number of nitrogens with zero attached hydrogens (tertiary/aromatic N) is 1. The number of carbonyl (C=O) groups is 2. The predicted octanol–water partition coefficient (Wildman–Crippen LogP) is 4.89. The summed E-state index contributed by atoms with van der Waals surface area (Å²) in [4.78, 5) is 27.1. The first-order valence-electron chi connectivity index (χ1n) is 10.7. The molecule has 0 atom stereocenters. The van der Waals surface area contributed by atoms with E-state index in [1.807, 2.05) is 71.6 Å². The lowest BCUT2D eigenvalue weighted by Gasteiger charge is -2.42. The summed E-state index contributed by atoms with van der Waals surface area (Å²) >= 11 is 0. The highest BCUT2D eigenvalue weighted by Crippen LogP contribution is 2.41. The normalized spacial score (nSPS) is 16.6. The zero-order chi connectivity index (χ0) is 22.1. The Hall–Kier alpha value is -3.86. The van der Waals surface area contributed by atoms with Crippen LogP contribution in [-0.4, -0.2) is 40.6 Å². The second kappa shape index (κ2) is 8.00. The van der Waals surface area contributed by atoms with Crippen molar-refractivity contribution in [2.75, 3.05) is 13.1 Å². The molecule has 32 heavy (non-hydrogen) atoms. The van der Waals surface area contributed by atoms with E-state index in [4.69, 9.17) is 4.74 Å². The number of carboxylic acids is 1. The Morgan fingerprint density at radius 2 is 1.44 bits per heavy atom. The maximum atomic E-state index is 13.4. The molecule has 0 bridgehead atoms. The number of likely N-dealkylation sites (tertiary alicyclic amines) is 1. The van der Waals surface area contributed by atoms with Gasteiger partial charge in [0.1, 0.15) is 11.4 Å². The van der Waals surface area contributed by atoms with E-state index in [2.05, 4.69) is 0 Å². The van der Waals surface area contributed by atoms with Gasteiger partial charge in [0.05, 0.1) is 5.57 Å². The summed E-state index contributed by atoms with van der Waals surface area (Å²) in [5.74, 6) is -0.394. The molecule has 1 spiro atoms. The minimum absolute atomic E-state index is 0.0158. The van der Waals surface area contributed by atoms with Crippen LogP contribution in [0.5, 0.6) is 5.75 Å². The summed E-state index contributed by atoms with van der Waals surface area (Å²) in [7, 11) is 0. The maximum Gasteiger partial charge on any atom is 0.336 e. The van der Waals surface area contributed by atoms with E-state index < -0.39 is 11.6 Å². The van der Waals surface area contributed by atoms with Gasteiger partial charge in [-0.05, 0) is 29.3 Å². The van der Waals surface area contributed by atoms with E-state index in [1.165, 1.54) is 0 Å². The third-order valence-electron chi connectivity index (χ3n) is 6.27. The Morgan fingerprint density at radius 3 is 2.16 bits per heavy atom. The van der Waals surface area contributed by atoms with Crippen molar-refractivity contribution in [3.05, 3.63) is 96.1 Å². The molecular formula is C27H23NO4. The number of aliphatic carboxylic acids is 1. The number of piperidine rings is 1. The van der Waals surface area contributed by atoms with Gasteiger partial charge in [0, 0.05) is 37.1 Å². The van der Waals surface area contributed by atoms with Gasteiger partial charge in [-0.3, -0.25) is 4.79 Å². The first kappa shape index (κ1) is 20.1. The van der Waals surface area contributed by atoms with Gasteiger partial charge < -0.3 is 14.7 Å². The highest BCUT2D eigenvalue weighted by molar-refractivity contribution is 6.17. The summed E-state index contributed by atoms with van der Waals surface area (Å²) in [5, 5.41) is 9.74. The van der Waals surface area contributed by atoms with Gasteiger partial charge in [0.2, 0.25) is 0 Å². The van der Waals surface area contributed by atoms with Gasteiger partial charge in [-0.1, -0.05) is 66.7 Å². The molecular weight excluding hydrogens is 402 g/mol. The number of rotatable bonds is 3. The Balaban J connectivity index is 1.39. The maximum absolute atomic E-state index is 13.4. The Labute approximate surface area is 186 Å². The largest absolute Gasteiger partial charge is 0.482 e. The molecule has 5 heteroatoms. The van der Waals surface area contributed by atoms with Crippen LogP contribution in [0.4, 0.5) is 0 Å². The molecule has 3 aromatic carbocycles. The van der Waals surface area contributed by atoms with Crippen molar-refractivity contribution in [1.29, 1.82) is 0 Å². The number of carbonyl (C=O) groups excluding carboxylic acids is 1. The first-order chi connectivity index (χ1) is 15.6. The lowest BCUT2D eigenvalue weighted by atomic mass is 9.84. The molecule has 0 aliphatic carbocycles. The highest BCUT2D eigenvalue weighted by atomic mass is 16.5. The average Bonchev–Trinajstić information content (AvgIpc) is 2.84. The third-order valence-corrected chi connectivity index (χ3v) is 6.27. The van der Waals surface area contributed by atoms with Crippen LogP contribution in [0.25, 0.3) is 16.7 Å². The summed E-state index contributed by atoms with van der Waals surface area (Å²) in [6.45, 7) is 0.987. The number of amides is 1. The molecule has 0 unspecified atom stereocenters. The zero-order valence-corrected chi connectivity index (χ0v) is 17.5. The van der Waals surface area contributed by atoms with Crippen LogP contribution in [-0.2, 0) is 4.79 Å². The highest BCUT2D eigenvalue weighted by Gasteiger charge is 2.41. The average molecular weight is 425 g/mol. The van der Waals surface area contributed by atoms with Gasteiger partial charge >= 0.3 is 5.97 Å². The number of benzene rings is 3. The van der Waals surface area contributed by atoms with Crippen LogP contribution in [0.15, 0.2) is 84.9 Å². The number of para-hydroxylation sites is 1. The van der Waals surface area contributed by atoms with Crippen molar-refractivity contribution < 1.29 is 19.4 Å². The zero-order valence-electron chi connectivity index (χ0n) is 17.5. The Bertz CT molecular complexity index is 1210. The summed E-state index contributed by atoms with van der Waals surface area (Å²) < 4.78 is 6.29. The molecule has 1 N–H and O–H groups in total. The van der Waals surface area contributed by atoms with Crippen LogP contribution in [0.3, 0.4) is 0 Å². The molecule has 5 rings (SSSR count). The fourth-order valence-electron chi connectivity index (χ4n) is 4.59. The van der Waals surface area contributed by atoms with E-state index in [-0.39, 0.29) is 11.5 Å². The monoisotopic (exact) mass is 425 g/mol. The number of fused-ring (bicyclic) bond motifs is 1. The molecule has 0 radical (unpaired) electrons. The van der Waals surface area contributed by atoms with Crippen molar-refractivity contribution in [3.63, 3.8) is 0 Å². The van der Waals surface area contributed by atoms with Gasteiger partial charge in [-0.15, -0.1) is 0 Å². The van der Waals surface area contributed by atoms with Crippen molar-refractivity contribution in [1.82, 2.24) is 4.90 Å². The quantitative estimate of drug-likeness (QED) is 0.649. The molecule has 2 heterocycles. The molecule has 3 aromatic rings. The Kier molecular flexibility index (Phi) is 5.02. The molecule has 1 amide bonds.